The van der Waals surface area contributed by atoms with Crippen molar-refractivity contribution in [3.8, 4) is 34.5 Å². The first-order valence-corrected chi connectivity index (χ1v) is 18.6. The summed E-state index contributed by atoms with van der Waals surface area (Å²) in [5.41, 5.74) is 1.81. The molecule has 0 spiro atoms. The second-order valence-corrected chi connectivity index (χ2v) is 13.8. The van der Waals surface area contributed by atoms with Crippen molar-refractivity contribution in [3.05, 3.63) is 103 Å². The highest BCUT2D eigenvalue weighted by Crippen LogP contribution is 2.38. The molecule has 7 nitrogen and oxygen atoms in total. The predicted molar refractivity (Wildman–Crippen MR) is 191 cm³/mol. The van der Waals surface area contributed by atoms with Crippen LogP contribution in [0.4, 0.5) is 0 Å². The molecule has 0 fully saturated rings. The van der Waals surface area contributed by atoms with E-state index < -0.39 is 16.2 Å². The van der Waals surface area contributed by atoms with Crippen molar-refractivity contribution in [2.24, 2.45) is 0 Å². The summed E-state index contributed by atoms with van der Waals surface area (Å²) in [6.07, 6.45) is 5.79. The number of unbranched alkanes of at least 4 members (excludes halogenated alkanes) is 5. The van der Waals surface area contributed by atoms with Gasteiger partial charge in [0, 0.05) is 28.6 Å². The minimum absolute atomic E-state index is 0.0114. The second kappa shape index (κ2) is 19.9. The Morgan fingerprint density at radius 3 is 2.29 bits per heavy atom. The van der Waals surface area contributed by atoms with Crippen LogP contribution < -0.4 is 8.92 Å². The van der Waals surface area contributed by atoms with Crippen molar-refractivity contribution in [3.63, 3.8) is 0 Å². The number of aliphatic hydroxyl groups is 2. The Morgan fingerprint density at radius 2 is 1.52 bits per heavy atom. The lowest BCUT2D eigenvalue weighted by Gasteiger charge is -2.16. The first-order chi connectivity index (χ1) is 23.4. The molecule has 4 rings (SSSR count). The molecule has 4 aromatic rings. The molecule has 0 heterocycles. The maximum absolute atomic E-state index is 13.8. The van der Waals surface area contributed by atoms with Crippen LogP contribution in [0.5, 0.6) is 11.5 Å². The highest BCUT2D eigenvalue weighted by Gasteiger charge is 2.24. The Balaban J connectivity index is 1.55. The van der Waals surface area contributed by atoms with Crippen molar-refractivity contribution in [2.45, 2.75) is 72.7 Å². The third-order valence-electron chi connectivity index (χ3n) is 7.41. The molecule has 48 heavy (non-hydrogen) atoms. The van der Waals surface area contributed by atoms with E-state index in [2.05, 4.69) is 18.8 Å². The molecular weight excluding hydrogens is 645 g/mol. The fraction of sp³-hybridized carbons (Fsp3) is 0.333. The molecule has 0 amide bonds. The quantitative estimate of drug-likeness (QED) is 0.0575. The van der Waals surface area contributed by atoms with Gasteiger partial charge in [-0.1, -0.05) is 105 Å². The van der Waals surface area contributed by atoms with E-state index in [4.69, 9.17) is 18.8 Å². The average molecular weight is 689 g/mol. The first-order valence-electron chi connectivity index (χ1n) is 16.4. The van der Waals surface area contributed by atoms with E-state index in [0.29, 0.717) is 34.8 Å². The monoisotopic (exact) mass is 688 g/mol. The molecule has 0 bridgehead atoms. The zero-order valence-electron chi connectivity index (χ0n) is 27.3. The normalized spacial score (nSPS) is 11.8. The highest BCUT2D eigenvalue weighted by atomic mass is 32.2. The summed E-state index contributed by atoms with van der Waals surface area (Å²) in [6.45, 7) is 3.78. The number of hydrogen-bond donors (Lipinski definition) is 2. The van der Waals surface area contributed by atoms with E-state index in [1.165, 1.54) is 11.8 Å². The molecule has 2 N–H and O–H groups in total. The predicted octanol–water partition coefficient (Wildman–Crippen LogP) is 8.45. The summed E-state index contributed by atoms with van der Waals surface area (Å²) >= 11 is 1.32. The molecular formula is C39H44O7S2. The van der Waals surface area contributed by atoms with Gasteiger partial charge in [-0.2, -0.15) is 8.42 Å². The highest BCUT2D eigenvalue weighted by molar-refractivity contribution is 8.00. The number of benzene rings is 4. The van der Waals surface area contributed by atoms with E-state index >= 15 is 0 Å². The summed E-state index contributed by atoms with van der Waals surface area (Å²) < 4.78 is 44.5. The van der Waals surface area contributed by atoms with Crippen molar-refractivity contribution < 1.29 is 32.3 Å². The minimum Gasteiger partial charge on any atom is -0.494 e. The largest absolute Gasteiger partial charge is 0.494 e. The Hall–Kier alpha value is -3.78. The fourth-order valence-corrected chi connectivity index (χ4v) is 7.14. The molecule has 254 valence electrons. The van der Waals surface area contributed by atoms with Crippen LogP contribution in [-0.4, -0.2) is 45.1 Å². The van der Waals surface area contributed by atoms with Crippen molar-refractivity contribution in [1.82, 2.24) is 0 Å². The number of ether oxygens (including phenoxy) is 2. The molecule has 0 aromatic heterocycles. The van der Waals surface area contributed by atoms with Gasteiger partial charge in [0.2, 0.25) is 0 Å². The number of hydrogen-bond acceptors (Lipinski definition) is 8. The molecule has 4 aromatic carbocycles. The van der Waals surface area contributed by atoms with Gasteiger partial charge in [-0.25, -0.2) is 0 Å². The van der Waals surface area contributed by atoms with Crippen LogP contribution in [0, 0.1) is 11.8 Å². The Kier molecular flexibility index (Phi) is 15.4. The van der Waals surface area contributed by atoms with Gasteiger partial charge < -0.3 is 23.9 Å². The van der Waals surface area contributed by atoms with Gasteiger partial charge in [0.25, 0.3) is 0 Å². The summed E-state index contributed by atoms with van der Waals surface area (Å²) in [7, 11) is -4.25. The molecule has 1 unspecified atom stereocenters. The van der Waals surface area contributed by atoms with Crippen LogP contribution in [0.2, 0.25) is 0 Å². The van der Waals surface area contributed by atoms with Gasteiger partial charge in [-0.05, 0) is 78.9 Å². The Labute approximate surface area is 289 Å². The fourth-order valence-electron chi connectivity index (χ4n) is 4.85. The lowest BCUT2D eigenvalue weighted by molar-refractivity contribution is 0.161. The molecule has 9 heteroatoms. The minimum atomic E-state index is -4.25. The van der Waals surface area contributed by atoms with Crippen LogP contribution in [0.3, 0.4) is 0 Å². The van der Waals surface area contributed by atoms with Gasteiger partial charge in [-0.15, -0.1) is 0 Å². The molecule has 0 saturated heterocycles. The standard InChI is InChI=1S/C39H44O7S2/c1-2-3-29-45-32-21-23-34(24-22-32)47-38-25-20-31(30-39(38)48(42,43)46-33-15-8-7-9-16-33)35-17-10-11-18-36(35)37(41)19-14-28-44-27-13-6-4-5-12-26-40/h7-11,15-18,20-25,30,37,40-41H,2-6,12-13,26-29H2,1H3. The molecule has 0 radical (unpaired) electrons. The van der Waals surface area contributed by atoms with Gasteiger partial charge in [0.15, 0.2) is 0 Å². The zero-order valence-corrected chi connectivity index (χ0v) is 29.0. The lowest BCUT2D eigenvalue weighted by atomic mass is 9.96. The van der Waals surface area contributed by atoms with Crippen LogP contribution >= 0.6 is 11.8 Å². The van der Waals surface area contributed by atoms with Crippen LogP contribution in [0.1, 0.15) is 63.5 Å². The smallest absolute Gasteiger partial charge is 0.340 e. The van der Waals surface area contributed by atoms with E-state index in [9.17, 15) is 13.5 Å². The molecule has 0 aliphatic carbocycles. The third kappa shape index (κ3) is 11.7. The average Bonchev–Trinajstić information content (AvgIpc) is 3.10. The zero-order chi connectivity index (χ0) is 34.0. The van der Waals surface area contributed by atoms with Gasteiger partial charge in [0.05, 0.1) is 6.61 Å². The lowest BCUT2D eigenvalue weighted by Crippen LogP contribution is -2.11. The van der Waals surface area contributed by atoms with Crippen molar-refractivity contribution in [2.75, 3.05) is 26.4 Å². The molecule has 0 saturated carbocycles. The number of aliphatic hydroxyl groups excluding tert-OH is 2. The van der Waals surface area contributed by atoms with Crippen molar-refractivity contribution in [1.29, 1.82) is 0 Å². The summed E-state index contributed by atoms with van der Waals surface area (Å²) in [6, 6.07) is 28.4. The van der Waals surface area contributed by atoms with Gasteiger partial charge >= 0.3 is 10.1 Å². The van der Waals surface area contributed by atoms with E-state index in [-0.39, 0.29) is 23.9 Å². The van der Waals surface area contributed by atoms with E-state index in [0.717, 1.165) is 55.6 Å². The summed E-state index contributed by atoms with van der Waals surface area (Å²) in [5, 5.41) is 19.9. The van der Waals surface area contributed by atoms with Gasteiger partial charge in [0.1, 0.15) is 29.1 Å². The molecule has 0 aliphatic rings. The maximum atomic E-state index is 13.8. The summed E-state index contributed by atoms with van der Waals surface area (Å²) in [4.78, 5) is 1.35. The van der Waals surface area contributed by atoms with Crippen LogP contribution in [0.25, 0.3) is 11.1 Å². The SMILES string of the molecule is CCCCOc1ccc(Sc2ccc(-c3ccccc3C(O)C#CCOCCCCCCCO)cc2S(=O)(=O)Oc2ccccc2)cc1. The Bertz CT molecular complexity index is 1710. The Morgan fingerprint density at radius 1 is 0.792 bits per heavy atom. The topological polar surface area (TPSA) is 102 Å². The molecule has 0 aliphatic heterocycles. The number of para-hydroxylation sites is 1. The van der Waals surface area contributed by atoms with Crippen LogP contribution in [-0.2, 0) is 14.9 Å². The maximum Gasteiger partial charge on any atom is 0.340 e. The van der Waals surface area contributed by atoms with Crippen LogP contribution in [0.15, 0.2) is 112 Å². The van der Waals surface area contributed by atoms with Crippen molar-refractivity contribution >= 4 is 21.9 Å². The second-order valence-electron chi connectivity index (χ2n) is 11.1. The third-order valence-corrected chi connectivity index (χ3v) is 9.91. The van der Waals surface area contributed by atoms with Gasteiger partial charge in [-0.3, -0.25) is 0 Å². The van der Waals surface area contributed by atoms with E-state index in [1.807, 2.05) is 48.5 Å². The van der Waals surface area contributed by atoms with E-state index in [1.54, 1.807) is 48.5 Å². The first kappa shape index (κ1) is 37.0. The molecule has 1 atom stereocenters. The summed E-state index contributed by atoms with van der Waals surface area (Å²) in [5.74, 6) is 6.75. The number of rotatable bonds is 19.